The molecule has 4 nitrogen and oxygen atoms in total. The molecule has 0 atom stereocenters. The van der Waals surface area contributed by atoms with Crippen LogP contribution in [0.15, 0.2) is 60.7 Å². The van der Waals surface area contributed by atoms with E-state index in [1.807, 2.05) is 30.3 Å². The lowest BCUT2D eigenvalue weighted by Gasteiger charge is -2.14. The summed E-state index contributed by atoms with van der Waals surface area (Å²) in [6.07, 6.45) is 0. The van der Waals surface area contributed by atoms with Gasteiger partial charge in [-0.15, -0.1) is 0 Å². The van der Waals surface area contributed by atoms with Gasteiger partial charge in [-0.3, -0.25) is 0 Å². The van der Waals surface area contributed by atoms with Crippen molar-refractivity contribution in [3.8, 4) is 5.75 Å². The van der Waals surface area contributed by atoms with Crippen LogP contribution in [0.25, 0.3) is 0 Å². The van der Waals surface area contributed by atoms with E-state index >= 15 is 0 Å². The van der Waals surface area contributed by atoms with Crippen molar-refractivity contribution in [3.05, 3.63) is 92.4 Å². The second-order valence-corrected chi connectivity index (χ2v) is 7.69. The molecular weight excluding hydrogens is 445 g/mol. The maximum Gasteiger partial charge on any atom is 0.338 e. The van der Waals surface area contributed by atoms with E-state index in [0.717, 1.165) is 16.8 Å². The van der Waals surface area contributed by atoms with Crippen LogP contribution in [0.5, 0.6) is 5.75 Å². The highest BCUT2D eigenvalue weighted by atomic mass is 35.5. The van der Waals surface area contributed by atoms with Crippen LogP contribution in [0.4, 0.5) is 5.69 Å². The first kappa shape index (κ1) is 22.3. The highest BCUT2D eigenvalue weighted by molar-refractivity contribution is 6.42. The summed E-state index contributed by atoms with van der Waals surface area (Å²) in [6.45, 7) is 2.97. The van der Waals surface area contributed by atoms with Gasteiger partial charge < -0.3 is 14.8 Å². The molecule has 7 heteroatoms. The van der Waals surface area contributed by atoms with Gasteiger partial charge in [0.1, 0.15) is 12.4 Å². The van der Waals surface area contributed by atoms with Gasteiger partial charge in [-0.25, -0.2) is 4.79 Å². The molecule has 0 fully saturated rings. The third kappa shape index (κ3) is 6.05. The van der Waals surface area contributed by atoms with Crippen LogP contribution in [0, 0.1) is 0 Å². The monoisotopic (exact) mass is 463 g/mol. The van der Waals surface area contributed by atoms with Crippen molar-refractivity contribution < 1.29 is 14.3 Å². The Balaban J connectivity index is 1.66. The lowest BCUT2D eigenvalue weighted by molar-refractivity contribution is 0.0526. The standard InChI is InChI=1S/C23H20Cl3NO3/c1-2-29-23(28)16-4-7-19(8-5-16)27-13-17-12-18(24)6-10-22(17)30-14-15-3-9-20(25)21(26)11-15/h3-12,27H,2,13-14H2,1H3. The zero-order chi connectivity index (χ0) is 21.5. The largest absolute Gasteiger partial charge is 0.489 e. The van der Waals surface area contributed by atoms with Crippen LogP contribution in [0.3, 0.4) is 0 Å². The Bertz CT molecular complexity index is 1020. The number of halogens is 3. The highest BCUT2D eigenvalue weighted by Crippen LogP contribution is 2.27. The van der Waals surface area contributed by atoms with Gasteiger partial charge in [0.05, 0.1) is 22.2 Å². The minimum Gasteiger partial charge on any atom is -0.489 e. The molecule has 3 aromatic rings. The first-order chi connectivity index (χ1) is 14.5. The van der Waals surface area contributed by atoms with Crippen molar-refractivity contribution in [3.63, 3.8) is 0 Å². The molecule has 0 saturated heterocycles. The van der Waals surface area contributed by atoms with Gasteiger partial charge in [0.2, 0.25) is 0 Å². The zero-order valence-electron chi connectivity index (χ0n) is 16.3. The molecule has 156 valence electrons. The molecule has 0 aliphatic heterocycles. The summed E-state index contributed by atoms with van der Waals surface area (Å²) in [5.41, 5.74) is 3.18. The predicted octanol–water partition coefficient (Wildman–Crippen LogP) is 7.01. The predicted molar refractivity (Wildman–Crippen MR) is 122 cm³/mol. The van der Waals surface area contributed by atoms with Crippen molar-refractivity contribution in [1.82, 2.24) is 0 Å². The second kappa shape index (κ2) is 10.6. The topological polar surface area (TPSA) is 47.6 Å². The average molecular weight is 465 g/mol. The maximum absolute atomic E-state index is 11.8. The van der Waals surface area contributed by atoms with Crippen LogP contribution in [-0.2, 0) is 17.9 Å². The minimum absolute atomic E-state index is 0.336. The van der Waals surface area contributed by atoms with Crippen LogP contribution in [0.1, 0.15) is 28.4 Å². The third-order valence-corrected chi connectivity index (χ3v) is 5.25. The number of rotatable bonds is 8. The van der Waals surface area contributed by atoms with Crippen molar-refractivity contribution in [2.75, 3.05) is 11.9 Å². The minimum atomic E-state index is -0.336. The first-order valence-corrected chi connectivity index (χ1v) is 10.5. The molecule has 0 amide bonds. The molecule has 0 saturated carbocycles. The van der Waals surface area contributed by atoms with Gasteiger partial charge in [0, 0.05) is 22.8 Å². The summed E-state index contributed by atoms with van der Waals surface area (Å²) in [6, 6.07) is 18.0. The Morgan fingerprint density at radius 3 is 2.40 bits per heavy atom. The Morgan fingerprint density at radius 1 is 0.933 bits per heavy atom. The van der Waals surface area contributed by atoms with Crippen molar-refractivity contribution in [2.24, 2.45) is 0 Å². The lowest BCUT2D eigenvalue weighted by atomic mass is 10.1. The fourth-order valence-electron chi connectivity index (χ4n) is 2.75. The summed E-state index contributed by atoms with van der Waals surface area (Å²) in [7, 11) is 0. The summed E-state index contributed by atoms with van der Waals surface area (Å²) in [5.74, 6) is 0.373. The van der Waals surface area contributed by atoms with Crippen LogP contribution in [-0.4, -0.2) is 12.6 Å². The van der Waals surface area contributed by atoms with Crippen molar-refractivity contribution >= 4 is 46.5 Å². The SMILES string of the molecule is CCOC(=O)c1ccc(NCc2cc(Cl)ccc2OCc2ccc(Cl)c(Cl)c2)cc1. The number of carbonyl (C=O) groups excluding carboxylic acids is 1. The fourth-order valence-corrected chi connectivity index (χ4v) is 3.27. The van der Waals surface area contributed by atoms with Gasteiger partial charge in [-0.05, 0) is 67.1 Å². The van der Waals surface area contributed by atoms with E-state index < -0.39 is 0 Å². The molecule has 0 heterocycles. The van der Waals surface area contributed by atoms with E-state index in [1.165, 1.54) is 0 Å². The number of carbonyl (C=O) groups is 1. The van der Waals surface area contributed by atoms with Crippen LogP contribution >= 0.6 is 34.8 Å². The number of hydrogen-bond acceptors (Lipinski definition) is 4. The number of hydrogen-bond donors (Lipinski definition) is 1. The van der Waals surface area contributed by atoms with E-state index in [-0.39, 0.29) is 5.97 Å². The Labute approximate surface area is 190 Å². The molecule has 0 spiro atoms. The Morgan fingerprint density at radius 2 is 1.70 bits per heavy atom. The van der Waals surface area contributed by atoms with E-state index in [1.54, 1.807) is 37.3 Å². The number of anilines is 1. The lowest BCUT2D eigenvalue weighted by Crippen LogP contribution is -2.06. The molecule has 0 unspecified atom stereocenters. The fraction of sp³-hybridized carbons (Fsp3) is 0.174. The Kier molecular flexibility index (Phi) is 7.86. The molecule has 3 aromatic carbocycles. The van der Waals surface area contributed by atoms with E-state index in [9.17, 15) is 4.79 Å². The zero-order valence-corrected chi connectivity index (χ0v) is 18.5. The first-order valence-electron chi connectivity index (χ1n) is 9.32. The summed E-state index contributed by atoms with van der Waals surface area (Å²) < 4.78 is 11.0. The molecule has 3 rings (SSSR count). The van der Waals surface area contributed by atoms with E-state index in [2.05, 4.69) is 5.32 Å². The summed E-state index contributed by atoms with van der Waals surface area (Å²) >= 11 is 18.2. The smallest absolute Gasteiger partial charge is 0.338 e. The van der Waals surface area contributed by atoms with Crippen LogP contribution < -0.4 is 10.1 Å². The number of ether oxygens (including phenoxy) is 2. The molecular formula is C23H20Cl3NO3. The van der Waals surface area contributed by atoms with Gasteiger partial charge in [-0.2, -0.15) is 0 Å². The average Bonchev–Trinajstić information content (AvgIpc) is 2.74. The summed E-state index contributed by atoms with van der Waals surface area (Å²) in [5, 5.41) is 4.92. The quantitative estimate of drug-likeness (QED) is 0.364. The van der Waals surface area contributed by atoms with Gasteiger partial charge in [0.25, 0.3) is 0 Å². The third-order valence-electron chi connectivity index (χ3n) is 4.28. The highest BCUT2D eigenvalue weighted by Gasteiger charge is 2.09. The number of esters is 1. The van der Waals surface area contributed by atoms with Gasteiger partial charge >= 0.3 is 5.97 Å². The van der Waals surface area contributed by atoms with Crippen molar-refractivity contribution in [1.29, 1.82) is 0 Å². The molecule has 30 heavy (non-hydrogen) atoms. The molecule has 0 radical (unpaired) electrons. The normalized spacial score (nSPS) is 10.5. The molecule has 0 aliphatic carbocycles. The maximum atomic E-state index is 11.8. The van der Waals surface area contributed by atoms with Gasteiger partial charge in [0.15, 0.2) is 0 Å². The van der Waals surface area contributed by atoms with E-state index in [0.29, 0.717) is 46.1 Å². The molecule has 1 N–H and O–H groups in total. The van der Waals surface area contributed by atoms with Crippen LogP contribution in [0.2, 0.25) is 15.1 Å². The van der Waals surface area contributed by atoms with Gasteiger partial charge in [-0.1, -0.05) is 40.9 Å². The summed E-state index contributed by atoms with van der Waals surface area (Å²) in [4.78, 5) is 11.8. The van der Waals surface area contributed by atoms with Crippen molar-refractivity contribution in [2.45, 2.75) is 20.1 Å². The number of benzene rings is 3. The molecule has 0 aliphatic rings. The molecule has 0 bridgehead atoms. The van der Waals surface area contributed by atoms with E-state index in [4.69, 9.17) is 44.3 Å². The number of nitrogens with one attached hydrogen (secondary N) is 1. The Hall–Kier alpha value is -2.40. The molecule has 0 aromatic heterocycles. The second-order valence-electron chi connectivity index (χ2n) is 6.44.